The lowest BCUT2D eigenvalue weighted by molar-refractivity contribution is 0.0696. The van der Waals surface area contributed by atoms with Crippen LogP contribution in [0.1, 0.15) is 12.8 Å². The van der Waals surface area contributed by atoms with Crippen LogP contribution < -0.4 is 5.73 Å². The van der Waals surface area contributed by atoms with Crippen molar-refractivity contribution >= 4 is 0 Å². The molecule has 66 valence electrons. The molecule has 0 aromatic rings. The molecular weight excluding hydrogens is 140 g/mol. The summed E-state index contributed by atoms with van der Waals surface area (Å²) in [4.78, 5) is 2.21. The molecule has 3 N–H and O–H groups in total. The molecule has 3 nitrogen and oxygen atoms in total. The lowest BCUT2D eigenvalue weighted by Gasteiger charge is -2.37. The highest BCUT2D eigenvalue weighted by atomic mass is 16.3. The summed E-state index contributed by atoms with van der Waals surface area (Å²) >= 11 is 0. The van der Waals surface area contributed by atoms with Crippen molar-refractivity contribution in [3.8, 4) is 0 Å². The van der Waals surface area contributed by atoms with E-state index in [1.807, 2.05) is 0 Å². The lowest BCUT2D eigenvalue weighted by Crippen LogP contribution is -2.47. The summed E-state index contributed by atoms with van der Waals surface area (Å²) in [5.74, 6) is 0.499. The lowest BCUT2D eigenvalue weighted by atomic mass is 9.90. The van der Waals surface area contributed by atoms with E-state index >= 15 is 0 Å². The van der Waals surface area contributed by atoms with Crippen molar-refractivity contribution in [3.05, 3.63) is 0 Å². The molecule has 0 spiro atoms. The Bertz CT molecular complexity index is 119. The first-order valence-electron chi connectivity index (χ1n) is 4.30. The van der Waals surface area contributed by atoms with Crippen molar-refractivity contribution < 1.29 is 5.11 Å². The molecule has 0 aliphatic carbocycles. The van der Waals surface area contributed by atoms with Gasteiger partial charge in [-0.15, -0.1) is 0 Å². The van der Waals surface area contributed by atoms with Crippen LogP contribution in [-0.2, 0) is 0 Å². The van der Waals surface area contributed by atoms with Crippen LogP contribution in [0.4, 0.5) is 0 Å². The number of likely N-dealkylation sites (N-methyl/N-ethyl adjacent to an activating group) is 1. The van der Waals surface area contributed by atoms with E-state index in [2.05, 4.69) is 11.9 Å². The van der Waals surface area contributed by atoms with E-state index in [0.717, 1.165) is 6.54 Å². The predicted molar refractivity (Wildman–Crippen MR) is 45.3 cm³/mol. The van der Waals surface area contributed by atoms with Crippen LogP contribution in [0.5, 0.6) is 0 Å². The standard InChI is InChI=1S/C8H18N2O/c1-10-4-2-3-7(5-9)8(10)6-11/h7-8,11H,2-6,9H2,1H3. The highest BCUT2D eigenvalue weighted by Crippen LogP contribution is 2.20. The largest absolute Gasteiger partial charge is 0.395 e. The third-order valence-electron chi connectivity index (χ3n) is 2.69. The van der Waals surface area contributed by atoms with Crippen molar-refractivity contribution in [2.45, 2.75) is 18.9 Å². The van der Waals surface area contributed by atoms with Crippen LogP contribution in [0, 0.1) is 5.92 Å². The van der Waals surface area contributed by atoms with Gasteiger partial charge in [0.15, 0.2) is 0 Å². The van der Waals surface area contributed by atoms with E-state index in [9.17, 15) is 0 Å². The topological polar surface area (TPSA) is 49.5 Å². The zero-order chi connectivity index (χ0) is 8.27. The molecule has 1 heterocycles. The number of hydrogen-bond acceptors (Lipinski definition) is 3. The summed E-state index contributed by atoms with van der Waals surface area (Å²) in [7, 11) is 2.06. The molecular formula is C8H18N2O. The molecule has 0 saturated carbocycles. The van der Waals surface area contributed by atoms with Gasteiger partial charge in [-0.1, -0.05) is 0 Å². The molecule has 0 radical (unpaired) electrons. The average Bonchev–Trinajstić information content (AvgIpc) is 2.04. The minimum Gasteiger partial charge on any atom is -0.395 e. The van der Waals surface area contributed by atoms with Gasteiger partial charge in [-0.3, -0.25) is 0 Å². The van der Waals surface area contributed by atoms with Gasteiger partial charge in [0.2, 0.25) is 0 Å². The van der Waals surface area contributed by atoms with E-state index in [1.165, 1.54) is 12.8 Å². The van der Waals surface area contributed by atoms with Crippen molar-refractivity contribution in [2.75, 3.05) is 26.7 Å². The van der Waals surface area contributed by atoms with Gasteiger partial charge >= 0.3 is 0 Å². The minimum atomic E-state index is 0.248. The molecule has 0 bridgehead atoms. The van der Waals surface area contributed by atoms with E-state index in [1.54, 1.807) is 0 Å². The summed E-state index contributed by atoms with van der Waals surface area (Å²) < 4.78 is 0. The van der Waals surface area contributed by atoms with E-state index in [-0.39, 0.29) is 6.61 Å². The predicted octanol–water partition coefficient (Wildman–Crippen LogP) is -0.352. The third-order valence-corrected chi connectivity index (χ3v) is 2.69. The molecule has 3 heteroatoms. The molecule has 11 heavy (non-hydrogen) atoms. The van der Waals surface area contributed by atoms with Gasteiger partial charge in [0, 0.05) is 6.04 Å². The molecule has 2 unspecified atom stereocenters. The van der Waals surface area contributed by atoms with Crippen LogP contribution >= 0.6 is 0 Å². The molecule has 1 aliphatic heterocycles. The van der Waals surface area contributed by atoms with Crippen molar-refractivity contribution in [1.29, 1.82) is 0 Å². The highest BCUT2D eigenvalue weighted by molar-refractivity contribution is 4.82. The zero-order valence-electron chi connectivity index (χ0n) is 7.16. The molecule has 0 aromatic heterocycles. The van der Waals surface area contributed by atoms with Gasteiger partial charge in [-0.2, -0.15) is 0 Å². The Labute approximate surface area is 68.2 Å². The zero-order valence-corrected chi connectivity index (χ0v) is 7.16. The minimum absolute atomic E-state index is 0.248. The van der Waals surface area contributed by atoms with Crippen molar-refractivity contribution in [1.82, 2.24) is 4.90 Å². The number of aliphatic hydroxyl groups is 1. The smallest absolute Gasteiger partial charge is 0.0589 e. The van der Waals surface area contributed by atoms with Crippen LogP contribution in [-0.4, -0.2) is 42.8 Å². The van der Waals surface area contributed by atoms with Crippen LogP contribution in [0.25, 0.3) is 0 Å². The number of nitrogens with zero attached hydrogens (tertiary/aromatic N) is 1. The first kappa shape index (κ1) is 8.97. The molecule has 0 amide bonds. The fourth-order valence-corrected chi connectivity index (χ4v) is 1.88. The van der Waals surface area contributed by atoms with Gasteiger partial charge in [0.25, 0.3) is 0 Å². The van der Waals surface area contributed by atoms with Crippen molar-refractivity contribution in [2.24, 2.45) is 11.7 Å². The number of likely N-dealkylation sites (tertiary alicyclic amines) is 1. The molecule has 0 aromatic carbocycles. The molecule has 1 rings (SSSR count). The van der Waals surface area contributed by atoms with Gasteiger partial charge < -0.3 is 15.7 Å². The Morgan fingerprint density at radius 2 is 2.36 bits per heavy atom. The normalized spacial score (nSPS) is 34.1. The molecule has 1 aliphatic rings. The third kappa shape index (κ3) is 1.92. The van der Waals surface area contributed by atoms with Crippen LogP contribution in [0.2, 0.25) is 0 Å². The maximum absolute atomic E-state index is 9.07. The summed E-state index contributed by atoms with van der Waals surface area (Å²) in [6, 6.07) is 0.300. The summed E-state index contributed by atoms with van der Waals surface area (Å²) in [5, 5.41) is 9.07. The Hall–Kier alpha value is -0.120. The highest BCUT2D eigenvalue weighted by Gasteiger charge is 2.26. The monoisotopic (exact) mass is 158 g/mol. The van der Waals surface area contributed by atoms with Crippen molar-refractivity contribution in [3.63, 3.8) is 0 Å². The average molecular weight is 158 g/mol. The van der Waals surface area contributed by atoms with Gasteiger partial charge in [-0.25, -0.2) is 0 Å². The summed E-state index contributed by atoms with van der Waals surface area (Å²) in [6.07, 6.45) is 2.39. The molecule has 2 atom stereocenters. The second-order valence-corrected chi connectivity index (χ2v) is 3.37. The first-order valence-corrected chi connectivity index (χ1v) is 4.30. The van der Waals surface area contributed by atoms with E-state index in [4.69, 9.17) is 10.8 Å². The fraction of sp³-hybridized carbons (Fsp3) is 1.00. The first-order chi connectivity index (χ1) is 5.29. The second-order valence-electron chi connectivity index (χ2n) is 3.37. The number of rotatable bonds is 2. The quantitative estimate of drug-likeness (QED) is 0.577. The number of piperidine rings is 1. The Kier molecular flexibility index (Phi) is 3.30. The van der Waals surface area contributed by atoms with E-state index in [0.29, 0.717) is 18.5 Å². The number of nitrogens with two attached hydrogens (primary N) is 1. The van der Waals surface area contributed by atoms with Crippen LogP contribution in [0.3, 0.4) is 0 Å². The second kappa shape index (κ2) is 4.04. The maximum Gasteiger partial charge on any atom is 0.0589 e. The fourth-order valence-electron chi connectivity index (χ4n) is 1.88. The number of hydrogen-bond donors (Lipinski definition) is 2. The maximum atomic E-state index is 9.07. The Balaban J connectivity index is 2.48. The van der Waals surface area contributed by atoms with Gasteiger partial charge in [0.1, 0.15) is 0 Å². The Morgan fingerprint density at radius 1 is 1.64 bits per heavy atom. The number of aliphatic hydroxyl groups excluding tert-OH is 1. The van der Waals surface area contributed by atoms with Crippen LogP contribution in [0.15, 0.2) is 0 Å². The van der Waals surface area contributed by atoms with Gasteiger partial charge in [-0.05, 0) is 38.9 Å². The van der Waals surface area contributed by atoms with Gasteiger partial charge in [0.05, 0.1) is 6.61 Å². The SMILES string of the molecule is CN1CCCC(CN)C1CO. The van der Waals surface area contributed by atoms with E-state index < -0.39 is 0 Å². The summed E-state index contributed by atoms with van der Waals surface area (Å²) in [5.41, 5.74) is 5.59. The molecule has 1 saturated heterocycles. The Morgan fingerprint density at radius 3 is 2.82 bits per heavy atom. The molecule has 1 fully saturated rings. The summed E-state index contributed by atoms with van der Waals surface area (Å²) in [6.45, 7) is 2.05.